The summed E-state index contributed by atoms with van der Waals surface area (Å²) in [6.07, 6.45) is 0. The van der Waals surface area contributed by atoms with Gasteiger partial charge in [0.25, 0.3) is 5.91 Å². The third kappa shape index (κ3) is 3.95. The molecule has 1 N–H and O–H groups in total. The summed E-state index contributed by atoms with van der Waals surface area (Å²) < 4.78 is 9.37. The van der Waals surface area contributed by atoms with Gasteiger partial charge in [0, 0.05) is 11.3 Å². The summed E-state index contributed by atoms with van der Waals surface area (Å²) in [5.41, 5.74) is 0.918. The van der Waals surface area contributed by atoms with Gasteiger partial charge in [-0.3, -0.25) is 4.79 Å². The standard InChI is InChI=1S/C21H17NO5/c1-26-20(24)16-9-15(10-17(11-16)21(25)27-2)19(23)22-18-8-7-13-5-3-4-6-14(13)12-18/h3-12H,1-2H3,(H,22,23). The third-order valence-corrected chi connectivity index (χ3v) is 4.04. The van der Waals surface area contributed by atoms with Gasteiger partial charge in [-0.05, 0) is 41.1 Å². The maximum atomic E-state index is 12.7. The van der Waals surface area contributed by atoms with Crippen molar-refractivity contribution < 1.29 is 23.9 Å². The highest BCUT2D eigenvalue weighted by Gasteiger charge is 2.17. The van der Waals surface area contributed by atoms with E-state index in [9.17, 15) is 14.4 Å². The molecule has 3 aromatic carbocycles. The van der Waals surface area contributed by atoms with Crippen LogP contribution in [-0.2, 0) is 9.47 Å². The summed E-state index contributed by atoms with van der Waals surface area (Å²) in [4.78, 5) is 36.4. The average Bonchev–Trinajstić information content (AvgIpc) is 2.72. The molecule has 0 unspecified atom stereocenters. The van der Waals surface area contributed by atoms with E-state index in [0.717, 1.165) is 10.8 Å². The summed E-state index contributed by atoms with van der Waals surface area (Å²) in [7, 11) is 2.45. The number of methoxy groups -OCH3 is 2. The van der Waals surface area contributed by atoms with Crippen molar-refractivity contribution in [1.82, 2.24) is 0 Å². The van der Waals surface area contributed by atoms with E-state index in [-0.39, 0.29) is 16.7 Å². The predicted molar refractivity (Wildman–Crippen MR) is 101 cm³/mol. The highest BCUT2D eigenvalue weighted by atomic mass is 16.5. The minimum Gasteiger partial charge on any atom is -0.465 e. The fraction of sp³-hybridized carbons (Fsp3) is 0.0952. The van der Waals surface area contributed by atoms with Crippen LogP contribution < -0.4 is 5.32 Å². The van der Waals surface area contributed by atoms with Gasteiger partial charge in [0.1, 0.15) is 0 Å². The van der Waals surface area contributed by atoms with Crippen molar-refractivity contribution in [3.8, 4) is 0 Å². The van der Waals surface area contributed by atoms with Crippen LogP contribution in [0.4, 0.5) is 5.69 Å². The Balaban J connectivity index is 1.94. The molecular weight excluding hydrogens is 346 g/mol. The molecule has 0 radical (unpaired) electrons. The van der Waals surface area contributed by atoms with Crippen molar-refractivity contribution in [1.29, 1.82) is 0 Å². The highest BCUT2D eigenvalue weighted by molar-refractivity contribution is 6.08. The molecule has 0 saturated carbocycles. The number of nitrogens with one attached hydrogen (secondary N) is 1. The lowest BCUT2D eigenvalue weighted by molar-refractivity contribution is 0.0599. The number of amides is 1. The van der Waals surface area contributed by atoms with E-state index in [1.54, 1.807) is 6.07 Å². The first-order chi connectivity index (χ1) is 13.0. The number of benzene rings is 3. The Kier molecular flexibility index (Phi) is 5.17. The molecule has 0 spiro atoms. The molecule has 3 rings (SSSR count). The molecular formula is C21H17NO5. The second kappa shape index (κ2) is 7.70. The van der Waals surface area contributed by atoms with E-state index >= 15 is 0 Å². The molecule has 1 amide bonds. The lowest BCUT2D eigenvalue weighted by Gasteiger charge is -2.10. The van der Waals surface area contributed by atoms with Crippen LogP contribution in [0.25, 0.3) is 10.8 Å². The Morgan fingerprint density at radius 1 is 0.704 bits per heavy atom. The lowest BCUT2D eigenvalue weighted by atomic mass is 10.0. The van der Waals surface area contributed by atoms with Gasteiger partial charge in [0.2, 0.25) is 0 Å². The molecule has 0 saturated heterocycles. The van der Waals surface area contributed by atoms with E-state index in [2.05, 4.69) is 14.8 Å². The van der Waals surface area contributed by atoms with Crippen molar-refractivity contribution in [2.45, 2.75) is 0 Å². The maximum Gasteiger partial charge on any atom is 0.337 e. The van der Waals surface area contributed by atoms with E-state index in [1.807, 2.05) is 36.4 Å². The van der Waals surface area contributed by atoms with Gasteiger partial charge in [0.05, 0.1) is 25.3 Å². The second-order valence-corrected chi connectivity index (χ2v) is 5.80. The van der Waals surface area contributed by atoms with Crippen LogP contribution in [0.2, 0.25) is 0 Å². The van der Waals surface area contributed by atoms with Crippen LogP contribution >= 0.6 is 0 Å². The molecule has 6 heteroatoms. The maximum absolute atomic E-state index is 12.7. The summed E-state index contributed by atoms with van der Waals surface area (Å²) in [5.74, 6) is -1.76. The van der Waals surface area contributed by atoms with Crippen molar-refractivity contribution in [2.24, 2.45) is 0 Å². The third-order valence-electron chi connectivity index (χ3n) is 4.04. The molecule has 6 nitrogen and oxygen atoms in total. The number of ether oxygens (including phenoxy) is 2. The molecule has 0 fully saturated rings. The molecule has 0 aliphatic rings. The Morgan fingerprint density at radius 3 is 1.85 bits per heavy atom. The van der Waals surface area contributed by atoms with E-state index < -0.39 is 17.8 Å². The SMILES string of the molecule is COC(=O)c1cc(C(=O)Nc2ccc3ccccc3c2)cc(C(=O)OC)c1. The molecule has 0 bridgehead atoms. The molecule has 0 aliphatic heterocycles. The summed E-state index contributed by atoms with van der Waals surface area (Å²) in [5, 5.41) is 4.81. The van der Waals surface area contributed by atoms with Crippen LogP contribution in [-0.4, -0.2) is 32.1 Å². The zero-order valence-corrected chi connectivity index (χ0v) is 14.8. The normalized spacial score (nSPS) is 10.3. The number of anilines is 1. The van der Waals surface area contributed by atoms with E-state index in [4.69, 9.17) is 0 Å². The fourth-order valence-electron chi connectivity index (χ4n) is 2.70. The van der Waals surface area contributed by atoms with Crippen molar-refractivity contribution in [3.63, 3.8) is 0 Å². The smallest absolute Gasteiger partial charge is 0.337 e. The summed E-state index contributed by atoms with van der Waals surface area (Å²) in [6.45, 7) is 0. The zero-order valence-electron chi connectivity index (χ0n) is 14.8. The number of carbonyl (C=O) groups is 3. The number of esters is 2. The summed E-state index contributed by atoms with van der Waals surface area (Å²) in [6, 6.07) is 17.4. The van der Waals surface area contributed by atoms with Gasteiger partial charge in [-0.1, -0.05) is 30.3 Å². The lowest BCUT2D eigenvalue weighted by Crippen LogP contribution is -2.15. The molecule has 27 heavy (non-hydrogen) atoms. The van der Waals surface area contributed by atoms with Crippen LogP contribution in [0.15, 0.2) is 60.7 Å². The average molecular weight is 363 g/mol. The van der Waals surface area contributed by atoms with Gasteiger partial charge >= 0.3 is 11.9 Å². The van der Waals surface area contributed by atoms with Crippen LogP contribution in [0.3, 0.4) is 0 Å². The van der Waals surface area contributed by atoms with E-state index in [1.165, 1.54) is 32.4 Å². The topological polar surface area (TPSA) is 81.7 Å². The Bertz CT molecular complexity index is 1010. The summed E-state index contributed by atoms with van der Waals surface area (Å²) >= 11 is 0. The predicted octanol–water partition coefficient (Wildman–Crippen LogP) is 3.67. The van der Waals surface area contributed by atoms with E-state index in [0.29, 0.717) is 5.69 Å². The highest BCUT2D eigenvalue weighted by Crippen LogP contribution is 2.20. The molecule has 136 valence electrons. The Labute approximate surface area is 155 Å². The number of fused-ring (bicyclic) bond motifs is 1. The van der Waals surface area contributed by atoms with Gasteiger partial charge in [-0.2, -0.15) is 0 Å². The molecule has 3 aromatic rings. The first kappa shape index (κ1) is 18.1. The van der Waals surface area contributed by atoms with Gasteiger partial charge < -0.3 is 14.8 Å². The van der Waals surface area contributed by atoms with Gasteiger partial charge in [0.15, 0.2) is 0 Å². The molecule has 0 aliphatic carbocycles. The van der Waals surface area contributed by atoms with Crippen molar-refractivity contribution in [2.75, 3.05) is 19.5 Å². The first-order valence-electron chi connectivity index (χ1n) is 8.13. The van der Waals surface area contributed by atoms with Crippen molar-refractivity contribution >= 4 is 34.3 Å². The molecule has 0 atom stereocenters. The van der Waals surface area contributed by atoms with Crippen LogP contribution in [0.5, 0.6) is 0 Å². The number of carbonyl (C=O) groups excluding carboxylic acids is 3. The van der Waals surface area contributed by atoms with Crippen molar-refractivity contribution in [3.05, 3.63) is 77.4 Å². The molecule has 0 aromatic heterocycles. The van der Waals surface area contributed by atoms with Gasteiger partial charge in [-0.15, -0.1) is 0 Å². The largest absolute Gasteiger partial charge is 0.465 e. The van der Waals surface area contributed by atoms with Crippen LogP contribution in [0, 0.1) is 0 Å². The Hall–Kier alpha value is -3.67. The number of hydrogen-bond acceptors (Lipinski definition) is 5. The quantitative estimate of drug-likeness (QED) is 0.715. The Morgan fingerprint density at radius 2 is 1.26 bits per heavy atom. The molecule has 0 heterocycles. The minimum absolute atomic E-state index is 0.0871. The monoisotopic (exact) mass is 363 g/mol. The fourth-order valence-corrected chi connectivity index (χ4v) is 2.70. The second-order valence-electron chi connectivity index (χ2n) is 5.80. The van der Waals surface area contributed by atoms with Crippen LogP contribution in [0.1, 0.15) is 31.1 Å². The zero-order chi connectivity index (χ0) is 19.4. The van der Waals surface area contributed by atoms with Gasteiger partial charge in [-0.25, -0.2) is 9.59 Å². The first-order valence-corrected chi connectivity index (χ1v) is 8.13. The number of rotatable bonds is 4. The minimum atomic E-state index is -0.652. The number of hydrogen-bond donors (Lipinski definition) is 1.